The molecule has 0 saturated heterocycles. The van der Waals surface area contributed by atoms with Crippen LogP contribution in [0.15, 0.2) is 48.5 Å². The summed E-state index contributed by atoms with van der Waals surface area (Å²) in [5, 5.41) is 3.13. The summed E-state index contributed by atoms with van der Waals surface area (Å²) in [7, 11) is -3.82. The summed E-state index contributed by atoms with van der Waals surface area (Å²) in [5.41, 5.74) is 1.02. The van der Waals surface area contributed by atoms with Crippen LogP contribution in [-0.4, -0.2) is 50.5 Å². The zero-order chi connectivity index (χ0) is 23.2. The maximum Gasteiger partial charge on any atom is 0.244 e. The van der Waals surface area contributed by atoms with E-state index in [0.717, 1.165) is 16.1 Å². The van der Waals surface area contributed by atoms with Gasteiger partial charge in [0.05, 0.1) is 22.0 Å². The van der Waals surface area contributed by atoms with E-state index in [4.69, 9.17) is 23.2 Å². The molecule has 7 nitrogen and oxygen atoms in total. The molecule has 0 radical (unpaired) electrons. The van der Waals surface area contributed by atoms with Crippen molar-refractivity contribution in [3.63, 3.8) is 0 Å². The van der Waals surface area contributed by atoms with E-state index in [9.17, 15) is 18.0 Å². The lowest BCUT2D eigenvalue weighted by Gasteiger charge is -2.31. The van der Waals surface area contributed by atoms with Crippen molar-refractivity contribution < 1.29 is 18.0 Å². The van der Waals surface area contributed by atoms with Crippen molar-refractivity contribution in [3.05, 3.63) is 64.1 Å². The topological polar surface area (TPSA) is 86.8 Å². The zero-order valence-corrected chi connectivity index (χ0v) is 19.8. The lowest BCUT2D eigenvalue weighted by Crippen LogP contribution is -2.51. The first-order chi connectivity index (χ1) is 14.5. The van der Waals surface area contributed by atoms with Crippen LogP contribution in [0.5, 0.6) is 0 Å². The molecule has 2 rings (SSSR count). The molecule has 1 N–H and O–H groups in total. The van der Waals surface area contributed by atoms with Gasteiger partial charge in [-0.1, -0.05) is 53.5 Å². The number of likely N-dealkylation sites (N-methyl/N-ethyl adjacent to an activating group) is 1. The molecule has 0 saturated carbocycles. The Labute approximate surface area is 193 Å². The van der Waals surface area contributed by atoms with E-state index in [1.54, 1.807) is 13.8 Å². The number of anilines is 1. The number of nitrogens with one attached hydrogen (secondary N) is 1. The molecule has 0 aliphatic heterocycles. The van der Waals surface area contributed by atoms with Gasteiger partial charge < -0.3 is 10.2 Å². The highest BCUT2D eigenvalue weighted by Crippen LogP contribution is 2.28. The van der Waals surface area contributed by atoms with Crippen LogP contribution in [-0.2, 0) is 26.2 Å². The van der Waals surface area contributed by atoms with E-state index in [2.05, 4.69) is 5.32 Å². The van der Waals surface area contributed by atoms with Gasteiger partial charge in [0, 0.05) is 13.1 Å². The third-order valence-electron chi connectivity index (χ3n) is 4.58. The van der Waals surface area contributed by atoms with Gasteiger partial charge in [-0.2, -0.15) is 0 Å². The molecule has 0 aromatic heterocycles. The Bertz CT molecular complexity index is 1030. The zero-order valence-electron chi connectivity index (χ0n) is 17.5. The van der Waals surface area contributed by atoms with Crippen LogP contribution in [0.25, 0.3) is 0 Å². The fraction of sp³-hybridized carbons (Fsp3) is 0.333. The van der Waals surface area contributed by atoms with Crippen molar-refractivity contribution in [2.24, 2.45) is 0 Å². The minimum atomic E-state index is -3.82. The lowest BCUT2D eigenvalue weighted by atomic mass is 10.1. The van der Waals surface area contributed by atoms with Crippen LogP contribution in [0.3, 0.4) is 0 Å². The molecule has 0 aliphatic carbocycles. The van der Waals surface area contributed by atoms with Crippen molar-refractivity contribution in [1.82, 2.24) is 10.2 Å². The van der Waals surface area contributed by atoms with E-state index in [-0.39, 0.29) is 28.2 Å². The van der Waals surface area contributed by atoms with E-state index < -0.39 is 28.5 Å². The first kappa shape index (κ1) is 25.0. The SMILES string of the molecule is CCNC(=O)C(C)N(Cc1ccccc1)C(=O)CN(c1ccc(Cl)c(Cl)c1)S(C)(=O)=O. The van der Waals surface area contributed by atoms with E-state index in [1.807, 2.05) is 30.3 Å². The Kier molecular flexibility index (Phi) is 8.73. The Morgan fingerprint density at radius 1 is 1.06 bits per heavy atom. The lowest BCUT2D eigenvalue weighted by molar-refractivity contribution is -0.139. The first-order valence-corrected chi connectivity index (χ1v) is 12.2. The van der Waals surface area contributed by atoms with Crippen LogP contribution in [0.4, 0.5) is 5.69 Å². The maximum absolute atomic E-state index is 13.3. The first-order valence-electron chi connectivity index (χ1n) is 9.58. The average molecular weight is 486 g/mol. The van der Waals surface area contributed by atoms with Crippen molar-refractivity contribution in [3.8, 4) is 0 Å². The van der Waals surface area contributed by atoms with Crippen LogP contribution >= 0.6 is 23.2 Å². The number of carbonyl (C=O) groups excluding carboxylic acids is 2. The number of benzene rings is 2. The molecular weight excluding hydrogens is 461 g/mol. The molecule has 168 valence electrons. The van der Waals surface area contributed by atoms with Crippen molar-refractivity contribution in [2.75, 3.05) is 23.7 Å². The second-order valence-corrected chi connectivity index (χ2v) is 9.67. The molecule has 31 heavy (non-hydrogen) atoms. The van der Waals surface area contributed by atoms with Crippen molar-refractivity contribution in [2.45, 2.75) is 26.4 Å². The summed E-state index contributed by atoms with van der Waals surface area (Å²) < 4.78 is 25.8. The molecular formula is C21H25Cl2N3O4S. The minimum Gasteiger partial charge on any atom is -0.355 e. The second kappa shape index (κ2) is 10.8. The van der Waals surface area contributed by atoms with Crippen LogP contribution in [0.1, 0.15) is 19.4 Å². The summed E-state index contributed by atoms with van der Waals surface area (Å²) >= 11 is 12.0. The normalized spacial score (nSPS) is 12.2. The number of sulfonamides is 1. The standard InChI is InChI=1S/C21H25Cl2N3O4S/c1-4-24-21(28)15(2)25(13-16-8-6-5-7-9-16)20(27)14-26(31(3,29)30)17-10-11-18(22)19(23)12-17/h5-12,15H,4,13-14H2,1-3H3,(H,24,28). The molecule has 0 spiro atoms. The Hall–Kier alpha value is -2.29. The van der Waals surface area contributed by atoms with Gasteiger partial charge in [-0.05, 0) is 37.6 Å². The smallest absolute Gasteiger partial charge is 0.244 e. The largest absolute Gasteiger partial charge is 0.355 e. The van der Waals surface area contributed by atoms with E-state index >= 15 is 0 Å². The number of hydrogen-bond acceptors (Lipinski definition) is 4. The van der Waals surface area contributed by atoms with Gasteiger partial charge in [0.1, 0.15) is 12.6 Å². The molecule has 1 atom stereocenters. The highest BCUT2D eigenvalue weighted by atomic mass is 35.5. The van der Waals surface area contributed by atoms with Crippen LogP contribution in [0, 0.1) is 0 Å². The second-order valence-electron chi connectivity index (χ2n) is 6.95. The highest BCUT2D eigenvalue weighted by molar-refractivity contribution is 7.92. The Morgan fingerprint density at radius 3 is 2.26 bits per heavy atom. The average Bonchev–Trinajstić information content (AvgIpc) is 2.72. The van der Waals surface area contributed by atoms with E-state index in [1.165, 1.54) is 23.1 Å². The molecule has 2 aromatic rings. The Balaban J connectivity index is 2.38. The van der Waals surface area contributed by atoms with Gasteiger partial charge >= 0.3 is 0 Å². The Morgan fingerprint density at radius 2 is 1.71 bits per heavy atom. The summed E-state index contributed by atoms with van der Waals surface area (Å²) in [5.74, 6) is -0.855. The summed E-state index contributed by atoms with van der Waals surface area (Å²) in [4.78, 5) is 27.1. The summed E-state index contributed by atoms with van der Waals surface area (Å²) in [6.45, 7) is 3.46. The molecule has 2 amide bonds. The van der Waals surface area contributed by atoms with Crippen molar-refractivity contribution >= 4 is 50.7 Å². The number of rotatable bonds is 9. The van der Waals surface area contributed by atoms with Gasteiger partial charge in [0.25, 0.3) is 0 Å². The number of nitrogens with zero attached hydrogens (tertiary/aromatic N) is 2. The molecule has 2 aromatic carbocycles. The van der Waals surface area contributed by atoms with Crippen LogP contribution in [0.2, 0.25) is 10.0 Å². The third kappa shape index (κ3) is 6.85. The van der Waals surface area contributed by atoms with Gasteiger partial charge in [0.2, 0.25) is 21.8 Å². The number of hydrogen-bond donors (Lipinski definition) is 1. The van der Waals surface area contributed by atoms with Crippen LogP contribution < -0.4 is 9.62 Å². The predicted octanol–water partition coefficient (Wildman–Crippen LogP) is 3.31. The molecule has 0 aliphatic rings. The third-order valence-corrected chi connectivity index (χ3v) is 6.46. The fourth-order valence-electron chi connectivity index (χ4n) is 2.94. The van der Waals surface area contributed by atoms with Gasteiger partial charge in [0.15, 0.2) is 0 Å². The fourth-order valence-corrected chi connectivity index (χ4v) is 4.07. The molecule has 0 fully saturated rings. The van der Waals surface area contributed by atoms with Gasteiger partial charge in [-0.25, -0.2) is 8.42 Å². The van der Waals surface area contributed by atoms with Gasteiger partial charge in [-0.3, -0.25) is 13.9 Å². The highest BCUT2D eigenvalue weighted by Gasteiger charge is 2.30. The van der Waals surface area contributed by atoms with Gasteiger partial charge in [-0.15, -0.1) is 0 Å². The number of carbonyl (C=O) groups is 2. The summed E-state index contributed by atoms with van der Waals surface area (Å²) in [6, 6.07) is 12.7. The predicted molar refractivity (Wildman–Crippen MR) is 124 cm³/mol. The van der Waals surface area contributed by atoms with E-state index in [0.29, 0.717) is 6.54 Å². The van der Waals surface area contributed by atoms with Crippen molar-refractivity contribution in [1.29, 1.82) is 0 Å². The molecule has 10 heteroatoms. The molecule has 1 unspecified atom stereocenters. The summed E-state index contributed by atoms with van der Waals surface area (Å²) in [6.07, 6.45) is 0.998. The number of amides is 2. The molecule has 0 heterocycles. The monoisotopic (exact) mass is 485 g/mol. The minimum absolute atomic E-state index is 0.150. The maximum atomic E-state index is 13.3. The quantitative estimate of drug-likeness (QED) is 0.589. The number of halogens is 2. The molecule has 0 bridgehead atoms.